The number of nitro benzene ring substituents is 1. The molecule has 0 heterocycles. The first-order chi connectivity index (χ1) is 15.8. The summed E-state index contributed by atoms with van der Waals surface area (Å²) in [6.45, 7) is 1.59. The van der Waals surface area contributed by atoms with Gasteiger partial charge in [-0.05, 0) is 35.7 Å². The molecule has 0 saturated heterocycles. The zero-order valence-electron chi connectivity index (χ0n) is 18.5. The van der Waals surface area contributed by atoms with Gasteiger partial charge in [0.1, 0.15) is 17.2 Å². The van der Waals surface area contributed by atoms with Gasteiger partial charge in [-0.25, -0.2) is 0 Å². The maximum absolute atomic E-state index is 12.0. The third kappa shape index (κ3) is 4.25. The highest BCUT2D eigenvalue weighted by molar-refractivity contribution is 5.91. The Labute approximate surface area is 189 Å². The Balaban J connectivity index is 2.32. The van der Waals surface area contributed by atoms with Crippen LogP contribution in [0.5, 0.6) is 28.7 Å². The third-order valence-corrected chi connectivity index (χ3v) is 5.49. The molecule has 0 aliphatic rings. The smallest absolute Gasteiger partial charge is 0.269 e. The van der Waals surface area contributed by atoms with Crippen molar-refractivity contribution < 1.29 is 34.1 Å². The Morgan fingerprint density at radius 3 is 1.97 bits per heavy atom. The average molecular weight is 453 g/mol. The number of carbonyl (C=O) groups excluding carboxylic acids is 1. The first-order valence-electron chi connectivity index (χ1n) is 9.83. The number of methoxy groups -OCH3 is 3. The highest BCUT2D eigenvalue weighted by Gasteiger charge is 2.25. The lowest BCUT2D eigenvalue weighted by molar-refractivity contribution is -0.384. The van der Waals surface area contributed by atoms with Gasteiger partial charge in [0.05, 0.1) is 31.8 Å². The zero-order valence-corrected chi connectivity index (χ0v) is 18.5. The van der Waals surface area contributed by atoms with Gasteiger partial charge in [-0.1, -0.05) is 0 Å². The number of rotatable bonds is 8. The van der Waals surface area contributed by atoms with Crippen molar-refractivity contribution in [2.45, 2.75) is 13.3 Å². The molecule has 0 amide bonds. The van der Waals surface area contributed by atoms with Crippen LogP contribution in [0.2, 0.25) is 0 Å². The molecule has 0 bridgehead atoms. The number of carbonyl (C=O) groups is 1. The summed E-state index contributed by atoms with van der Waals surface area (Å²) in [5.41, 5.74) is 2.07. The summed E-state index contributed by atoms with van der Waals surface area (Å²) in [6.07, 6.45) is 0.548. The van der Waals surface area contributed by atoms with Crippen LogP contribution in [0.1, 0.15) is 27.0 Å². The van der Waals surface area contributed by atoms with Gasteiger partial charge in [0.15, 0.2) is 17.8 Å². The van der Waals surface area contributed by atoms with Crippen molar-refractivity contribution >= 4 is 12.0 Å². The van der Waals surface area contributed by atoms with E-state index in [-0.39, 0.29) is 17.7 Å². The third-order valence-electron chi connectivity index (χ3n) is 5.49. The topological polar surface area (TPSA) is 128 Å². The zero-order chi connectivity index (χ0) is 24.3. The molecule has 172 valence electrons. The van der Waals surface area contributed by atoms with Crippen molar-refractivity contribution in [2.24, 2.45) is 0 Å². The second-order valence-corrected chi connectivity index (χ2v) is 7.20. The Kier molecular flexibility index (Phi) is 6.72. The van der Waals surface area contributed by atoms with E-state index in [0.717, 1.165) is 0 Å². The van der Waals surface area contributed by atoms with Crippen LogP contribution in [0.15, 0.2) is 36.4 Å². The average Bonchev–Trinajstić information content (AvgIpc) is 2.83. The van der Waals surface area contributed by atoms with Gasteiger partial charge >= 0.3 is 0 Å². The predicted molar refractivity (Wildman–Crippen MR) is 121 cm³/mol. The van der Waals surface area contributed by atoms with Crippen LogP contribution in [0.25, 0.3) is 11.1 Å². The second-order valence-electron chi connectivity index (χ2n) is 7.20. The van der Waals surface area contributed by atoms with Crippen molar-refractivity contribution in [1.82, 2.24) is 0 Å². The number of non-ortho nitro benzene ring substituents is 1. The van der Waals surface area contributed by atoms with Crippen molar-refractivity contribution in [2.75, 3.05) is 21.3 Å². The summed E-state index contributed by atoms with van der Waals surface area (Å²) in [4.78, 5) is 22.5. The van der Waals surface area contributed by atoms with Crippen LogP contribution in [-0.4, -0.2) is 42.8 Å². The first kappa shape index (κ1) is 23.4. The van der Waals surface area contributed by atoms with Crippen LogP contribution in [0, 0.1) is 17.0 Å². The fraction of sp³-hybridized carbons (Fsp3) is 0.208. The molecule has 3 rings (SSSR count). The van der Waals surface area contributed by atoms with E-state index in [0.29, 0.717) is 51.4 Å². The molecular weight excluding hydrogens is 430 g/mol. The molecule has 0 fully saturated rings. The van der Waals surface area contributed by atoms with Crippen LogP contribution in [0.4, 0.5) is 5.69 Å². The molecule has 0 spiro atoms. The van der Waals surface area contributed by atoms with Crippen LogP contribution >= 0.6 is 0 Å². The lowest BCUT2D eigenvalue weighted by Gasteiger charge is -2.21. The number of aromatic hydroxyl groups is 2. The molecule has 0 aromatic heterocycles. The van der Waals surface area contributed by atoms with Crippen LogP contribution < -0.4 is 14.2 Å². The van der Waals surface area contributed by atoms with Gasteiger partial charge < -0.3 is 24.4 Å². The number of hydrogen-bond donors (Lipinski definition) is 2. The molecule has 0 unspecified atom stereocenters. The molecule has 0 radical (unpaired) electrons. The number of nitro groups is 1. The van der Waals surface area contributed by atoms with Gasteiger partial charge in [0.25, 0.3) is 5.69 Å². The molecule has 0 aliphatic carbocycles. The summed E-state index contributed by atoms with van der Waals surface area (Å²) in [7, 11) is 4.47. The van der Waals surface area contributed by atoms with E-state index in [4.69, 9.17) is 14.2 Å². The van der Waals surface area contributed by atoms with E-state index in [2.05, 4.69) is 0 Å². The van der Waals surface area contributed by atoms with Crippen molar-refractivity contribution in [3.63, 3.8) is 0 Å². The Hall–Kier alpha value is -4.27. The van der Waals surface area contributed by atoms with Gasteiger partial charge in [0, 0.05) is 41.8 Å². The maximum atomic E-state index is 12.0. The predicted octanol–water partition coefficient (Wildman–Crippen LogP) is 4.41. The Morgan fingerprint density at radius 2 is 1.52 bits per heavy atom. The molecule has 2 N–H and O–H groups in total. The minimum absolute atomic E-state index is 0.0887. The van der Waals surface area contributed by atoms with E-state index in [9.17, 15) is 25.1 Å². The number of aldehydes is 1. The van der Waals surface area contributed by atoms with Gasteiger partial charge in [0.2, 0.25) is 0 Å². The van der Waals surface area contributed by atoms with Crippen molar-refractivity contribution in [3.8, 4) is 39.9 Å². The fourth-order valence-corrected chi connectivity index (χ4v) is 3.81. The minimum Gasteiger partial charge on any atom is -0.504 e. The molecular formula is C24H23NO8. The van der Waals surface area contributed by atoms with Crippen LogP contribution in [-0.2, 0) is 6.42 Å². The van der Waals surface area contributed by atoms with E-state index in [1.807, 2.05) is 0 Å². The monoisotopic (exact) mass is 453 g/mol. The number of hydrogen-bond acceptors (Lipinski definition) is 8. The summed E-state index contributed by atoms with van der Waals surface area (Å²) in [6, 6.07) is 9.04. The lowest BCUT2D eigenvalue weighted by Crippen LogP contribution is -2.05. The molecule has 9 heteroatoms. The highest BCUT2D eigenvalue weighted by Crippen LogP contribution is 2.45. The Morgan fingerprint density at radius 1 is 0.939 bits per heavy atom. The lowest BCUT2D eigenvalue weighted by atomic mass is 9.86. The number of phenols is 2. The molecule has 3 aromatic carbocycles. The molecule has 33 heavy (non-hydrogen) atoms. The first-order valence-corrected chi connectivity index (χ1v) is 9.83. The molecule has 3 aromatic rings. The van der Waals surface area contributed by atoms with Gasteiger partial charge in [-0.2, -0.15) is 0 Å². The number of ether oxygens (including phenoxy) is 3. The number of benzene rings is 3. The Bertz CT molecular complexity index is 1190. The second kappa shape index (κ2) is 9.47. The fourth-order valence-electron chi connectivity index (χ4n) is 3.81. The number of nitrogens with zero attached hydrogens (tertiary/aromatic N) is 1. The highest BCUT2D eigenvalue weighted by atomic mass is 16.6. The van der Waals surface area contributed by atoms with Crippen molar-refractivity contribution in [3.05, 3.63) is 68.8 Å². The standard InChI is InChI=1S/C24H23NO8/c1-13-22(14-5-7-15(8-6-14)25(29)30)17(19(12-26)24(28)23(13)27)11-18-20(32-3)9-16(31-2)10-21(18)33-4/h5-10,12,27-28H,11H2,1-4H3. The normalized spacial score (nSPS) is 10.5. The van der Waals surface area contributed by atoms with Gasteiger partial charge in [-0.3, -0.25) is 14.9 Å². The minimum atomic E-state index is -0.547. The SMILES string of the molecule is COc1cc(OC)c(Cc2c(C=O)c(O)c(O)c(C)c2-c2ccc([N+](=O)[O-])cc2)c(OC)c1. The summed E-state index contributed by atoms with van der Waals surface area (Å²) >= 11 is 0. The van der Waals surface area contributed by atoms with E-state index in [1.54, 1.807) is 19.1 Å². The molecule has 0 atom stereocenters. The molecule has 0 aliphatic heterocycles. The van der Waals surface area contributed by atoms with Crippen LogP contribution in [0.3, 0.4) is 0 Å². The largest absolute Gasteiger partial charge is 0.504 e. The summed E-state index contributed by atoms with van der Waals surface area (Å²) in [5.74, 6) is 0.381. The number of phenolic OH excluding ortho intramolecular Hbond substituents is 2. The summed E-state index contributed by atoms with van der Waals surface area (Å²) < 4.78 is 16.3. The van der Waals surface area contributed by atoms with Crippen molar-refractivity contribution in [1.29, 1.82) is 0 Å². The molecule has 0 saturated carbocycles. The van der Waals surface area contributed by atoms with E-state index in [1.165, 1.54) is 45.6 Å². The summed E-state index contributed by atoms with van der Waals surface area (Å²) in [5, 5.41) is 32.1. The maximum Gasteiger partial charge on any atom is 0.269 e. The quantitative estimate of drug-likeness (QED) is 0.222. The van der Waals surface area contributed by atoms with Gasteiger partial charge in [-0.15, -0.1) is 0 Å². The van der Waals surface area contributed by atoms with E-state index >= 15 is 0 Å². The van der Waals surface area contributed by atoms with E-state index < -0.39 is 16.4 Å². The molecule has 9 nitrogen and oxygen atoms in total.